The Bertz CT molecular complexity index is 2120. The lowest BCUT2D eigenvalue weighted by atomic mass is 9.77. The summed E-state index contributed by atoms with van der Waals surface area (Å²) in [5.41, 5.74) is 11.8. The monoisotopic (exact) mass is 702 g/mol. The highest BCUT2D eigenvalue weighted by Gasteiger charge is 2.61. The zero-order valence-electron chi connectivity index (χ0n) is 31.6. The van der Waals surface area contributed by atoms with Crippen molar-refractivity contribution in [3.05, 3.63) is 213 Å². The first kappa shape index (κ1) is 35.1. The summed E-state index contributed by atoms with van der Waals surface area (Å²) in [5.74, 6) is 0. The van der Waals surface area contributed by atoms with Crippen molar-refractivity contribution in [3.8, 4) is 0 Å². The molecule has 6 aromatic rings. The molecule has 0 amide bonds. The van der Waals surface area contributed by atoms with Gasteiger partial charge in [0, 0.05) is 33.4 Å². The second-order valence-electron chi connectivity index (χ2n) is 14.0. The molecule has 0 aliphatic carbocycles. The van der Waals surface area contributed by atoms with Crippen LogP contribution in [0, 0.1) is 0 Å². The fraction of sp³-hybridized carbons (Fsp3) is 0.200. The van der Waals surface area contributed by atoms with Crippen LogP contribution in [0.2, 0.25) is 0 Å². The summed E-state index contributed by atoms with van der Waals surface area (Å²) in [6, 6.07) is 55.7. The zero-order chi connectivity index (χ0) is 37.1. The van der Waals surface area contributed by atoms with E-state index in [0.717, 1.165) is 81.9 Å². The zero-order valence-corrected chi connectivity index (χ0v) is 31.6. The van der Waals surface area contributed by atoms with E-state index in [1.54, 1.807) is 0 Å². The van der Waals surface area contributed by atoms with Gasteiger partial charge in [-0.05, 0) is 47.9 Å². The van der Waals surface area contributed by atoms with Crippen LogP contribution in [0.15, 0.2) is 178 Å². The molecule has 0 aromatic heterocycles. The van der Waals surface area contributed by atoms with Crippen LogP contribution in [0.5, 0.6) is 0 Å². The number of benzene rings is 6. The summed E-state index contributed by atoms with van der Waals surface area (Å²) < 4.78 is 0. The largest absolute Gasteiger partial charge is 0.243 e. The number of hydrogen-bond acceptors (Lipinski definition) is 4. The van der Waals surface area contributed by atoms with Crippen molar-refractivity contribution >= 4 is 22.8 Å². The van der Waals surface area contributed by atoms with E-state index in [9.17, 15) is 0 Å². The van der Waals surface area contributed by atoms with Crippen molar-refractivity contribution in [3.63, 3.8) is 0 Å². The lowest BCUT2D eigenvalue weighted by Gasteiger charge is -2.40. The first-order valence-electron chi connectivity index (χ1n) is 19.4. The predicted octanol–water partition coefficient (Wildman–Crippen LogP) is 10.9. The van der Waals surface area contributed by atoms with Crippen LogP contribution in [-0.2, 0) is 37.0 Å². The number of nitrogens with zero attached hydrogens (tertiary/aromatic N) is 4. The van der Waals surface area contributed by atoms with Crippen molar-refractivity contribution in [1.82, 2.24) is 0 Å². The Kier molecular flexibility index (Phi) is 9.60. The lowest BCUT2D eigenvalue weighted by Crippen LogP contribution is -2.44. The molecule has 0 saturated carbocycles. The van der Waals surface area contributed by atoms with E-state index in [2.05, 4.69) is 185 Å². The first-order valence-corrected chi connectivity index (χ1v) is 19.4. The topological polar surface area (TPSA) is 49.4 Å². The van der Waals surface area contributed by atoms with Gasteiger partial charge in [0.25, 0.3) is 0 Å². The number of rotatable bonds is 11. The van der Waals surface area contributed by atoms with Crippen LogP contribution in [0.25, 0.3) is 0 Å². The molecule has 0 atom stereocenters. The minimum atomic E-state index is -1.30. The molecule has 0 N–H and O–H groups in total. The molecular weight excluding hydrogens is 657 g/mol. The predicted molar refractivity (Wildman–Crippen MR) is 226 cm³/mol. The van der Waals surface area contributed by atoms with E-state index in [-0.39, 0.29) is 0 Å². The van der Waals surface area contributed by atoms with Gasteiger partial charge in [-0.2, -0.15) is 0 Å². The van der Waals surface area contributed by atoms with Gasteiger partial charge in [-0.3, -0.25) is 0 Å². The molecule has 0 unspecified atom stereocenters. The fourth-order valence-electron chi connectivity index (χ4n) is 8.03. The first-order chi connectivity index (χ1) is 26.5. The molecule has 266 valence electrons. The minimum absolute atomic E-state index is 0.813. The molecule has 2 aliphatic heterocycles. The highest BCUT2D eigenvalue weighted by atomic mass is 15.3. The molecule has 0 saturated heterocycles. The second-order valence-corrected chi connectivity index (χ2v) is 14.0. The molecular formula is C50H46N4. The number of aliphatic imine (C=N–C) groups is 4. The maximum atomic E-state index is 5.99. The molecule has 8 rings (SSSR count). The van der Waals surface area contributed by atoms with E-state index in [1.165, 1.54) is 22.3 Å². The summed E-state index contributed by atoms with van der Waals surface area (Å²) in [6.45, 7) is 8.89. The van der Waals surface area contributed by atoms with Gasteiger partial charge in [0.15, 0.2) is 0 Å². The van der Waals surface area contributed by atoms with E-state index in [0.29, 0.717) is 0 Å². The number of aryl methyl sites for hydroxylation is 4. The van der Waals surface area contributed by atoms with Crippen molar-refractivity contribution < 1.29 is 0 Å². The Balaban J connectivity index is 1.59. The molecule has 4 nitrogen and oxygen atoms in total. The Morgan fingerprint density at radius 2 is 0.611 bits per heavy atom. The summed E-state index contributed by atoms with van der Waals surface area (Å²) in [6.07, 6.45) is 3.50. The highest BCUT2D eigenvalue weighted by molar-refractivity contribution is 6.55. The summed E-state index contributed by atoms with van der Waals surface area (Å²) >= 11 is 0. The van der Waals surface area contributed by atoms with Gasteiger partial charge in [-0.25, -0.2) is 20.0 Å². The molecule has 0 spiro atoms. The van der Waals surface area contributed by atoms with Gasteiger partial charge < -0.3 is 0 Å². The number of hydrogen-bond donors (Lipinski definition) is 0. The maximum absolute atomic E-state index is 5.99. The molecule has 4 heteroatoms. The third kappa shape index (κ3) is 5.96. The third-order valence-electron chi connectivity index (χ3n) is 10.9. The Hall–Kier alpha value is -6.00. The molecule has 2 heterocycles. The molecule has 2 aliphatic rings. The Morgan fingerprint density at radius 1 is 0.333 bits per heavy atom. The van der Waals surface area contributed by atoms with E-state index >= 15 is 0 Å². The molecule has 6 aromatic carbocycles. The van der Waals surface area contributed by atoms with Crippen LogP contribution in [0.1, 0.15) is 83.3 Å². The molecule has 0 bridgehead atoms. The van der Waals surface area contributed by atoms with Crippen LogP contribution in [-0.4, -0.2) is 22.8 Å². The van der Waals surface area contributed by atoms with Crippen LogP contribution in [0.3, 0.4) is 0 Å². The molecule has 0 fully saturated rings. The van der Waals surface area contributed by atoms with E-state index in [1.807, 2.05) is 0 Å². The van der Waals surface area contributed by atoms with Gasteiger partial charge in [-0.1, -0.05) is 185 Å². The van der Waals surface area contributed by atoms with Crippen LogP contribution < -0.4 is 0 Å². The van der Waals surface area contributed by atoms with Gasteiger partial charge in [0.05, 0.1) is 22.8 Å². The van der Waals surface area contributed by atoms with Gasteiger partial charge >= 0.3 is 0 Å². The average Bonchev–Trinajstić information content (AvgIpc) is 3.87. The quantitative estimate of drug-likeness (QED) is 0.129. The third-order valence-corrected chi connectivity index (χ3v) is 10.9. The molecule has 0 radical (unpaired) electrons. The average molecular weight is 703 g/mol. The summed E-state index contributed by atoms with van der Waals surface area (Å²) in [5, 5.41) is 0. The maximum Gasteiger partial charge on any atom is 0.226 e. The second kappa shape index (κ2) is 14.8. The SMILES string of the molecule is CCc1ccc(C2(C3(c4ccc(CC)cc4CC)N=C(c4ccccc4)C(c4ccccc4)=N3)N=C(c3ccccc3)C(c3ccccc3)=N2)c(CC)c1. The lowest BCUT2D eigenvalue weighted by molar-refractivity contribution is 0.254. The molecule has 54 heavy (non-hydrogen) atoms. The standard InChI is InChI=1S/C50H46N4/c1-5-35-29-31-43(37(7-3)33-35)49(51-45(39-21-13-9-14-22-39)46(52-49)40-23-15-10-16-24-40)50(44-32-30-36(6-2)34-38(44)8-4)53-47(41-25-17-11-18-26-41)48(54-50)42-27-19-12-20-28-42/h9-34H,5-8H2,1-4H3. The minimum Gasteiger partial charge on any atom is -0.243 e. The van der Waals surface area contributed by atoms with Crippen molar-refractivity contribution in [1.29, 1.82) is 0 Å². The van der Waals surface area contributed by atoms with Crippen LogP contribution in [0.4, 0.5) is 0 Å². The smallest absolute Gasteiger partial charge is 0.226 e. The van der Waals surface area contributed by atoms with E-state index in [4.69, 9.17) is 20.0 Å². The normalized spacial score (nSPS) is 15.7. The van der Waals surface area contributed by atoms with Gasteiger partial charge in [0.1, 0.15) is 0 Å². The van der Waals surface area contributed by atoms with Crippen molar-refractivity contribution in [2.75, 3.05) is 0 Å². The Morgan fingerprint density at radius 3 is 0.852 bits per heavy atom. The Labute approximate surface area is 319 Å². The highest BCUT2D eigenvalue weighted by Crippen LogP contribution is 2.56. The van der Waals surface area contributed by atoms with Gasteiger partial charge in [0.2, 0.25) is 11.3 Å². The van der Waals surface area contributed by atoms with Crippen molar-refractivity contribution in [2.45, 2.75) is 64.7 Å². The summed E-state index contributed by atoms with van der Waals surface area (Å²) in [7, 11) is 0. The van der Waals surface area contributed by atoms with E-state index < -0.39 is 11.3 Å². The fourth-order valence-corrected chi connectivity index (χ4v) is 8.03. The van der Waals surface area contributed by atoms with Crippen LogP contribution >= 0.6 is 0 Å². The summed E-state index contributed by atoms with van der Waals surface area (Å²) in [4.78, 5) is 23.9. The van der Waals surface area contributed by atoms with Crippen molar-refractivity contribution in [2.24, 2.45) is 20.0 Å². The van der Waals surface area contributed by atoms with Gasteiger partial charge in [-0.15, -0.1) is 0 Å².